The summed E-state index contributed by atoms with van der Waals surface area (Å²) in [6, 6.07) is 15.9. The van der Waals surface area contributed by atoms with Gasteiger partial charge in [0.2, 0.25) is 0 Å². The lowest BCUT2D eigenvalue weighted by Gasteiger charge is -2.39. The van der Waals surface area contributed by atoms with E-state index in [1.54, 1.807) is 18.0 Å². The van der Waals surface area contributed by atoms with Crippen LogP contribution in [-0.2, 0) is 5.60 Å². The summed E-state index contributed by atoms with van der Waals surface area (Å²) in [4.78, 5) is 7.60. The Bertz CT molecular complexity index is 984. The van der Waals surface area contributed by atoms with Crippen LogP contribution in [0.3, 0.4) is 0 Å². The Hall–Kier alpha value is -2.12. The number of likely N-dealkylation sites (tertiary alicyclic amines) is 1. The number of β-amino-alcohol motifs (C(OH)–C–C–N with tert-alkyl or cyclic N) is 1. The summed E-state index contributed by atoms with van der Waals surface area (Å²) >= 11 is 1.63. The maximum Gasteiger partial charge on any atom is 0.132 e. The van der Waals surface area contributed by atoms with Gasteiger partial charge in [-0.25, -0.2) is 0 Å². The molecular formula is C24H28N2O3S. The summed E-state index contributed by atoms with van der Waals surface area (Å²) in [7, 11) is 0. The summed E-state index contributed by atoms with van der Waals surface area (Å²) in [6.45, 7) is 2.23. The molecule has 1 aliphatic rings. The topological polar surface area (TPSA) is 65.8 Å². The van der Waals surface area contributed by atoms with Crippen molar-refractivity contribution in [2.75, 3.05) is 32.5 Å². The standard InChI is InChI=1S/C24H28N2O3S/c1-30-23-9-5-4-8-22(23)29-17-19(27)16-26-12-10-24(28,11-13-26)21-15-25-14-18-6-2-3-7-20(18)21/h2-9,14-15,19,27-28H,10-13,16-17H2,1H3/t19-/m1/s1. The first-order valence-corrected chi connectivity index (χ1v) is 11.5. The number of para-hydroxylation sites is 1. The third-order valence-electron chi connectivity index (χ3n) is 5.82. The number of nitrogens with zero attached hydrogens (tertiary/aromatic N) is 2. The third kappa shape index (κ3) is 4.62. The van der Waals surface area contributed by atoms with Crippen molar-refractivity contribution in [2.24, 2.45) is 0 Å². The molecule has 1 fully saturated rings. The number of ether oxygens (including phenoxy) is 1. The van der Waals surface area contributed by atoms with E-state index in [9.17, 15) is 10.2 Å². The Morgan fingerprint density at radius 1 is 1.10 bits per heavy atom. The molecule has 3 aromatic rings. The fraction of sp³-hybridized carbons (Fsp3) is 0.375. The zero-order valence-electron chi connectivity index (χ0n) is 17.2. The fourth-order valence-corrected chi connectivity index (χ4v) is 4.68. The van der Waals surface area contributed by atoms with Crippen molar-refractivity contribution in [3.8, 4) is 5.75 Å². The molecule has 30 heavy (non-hydrogen) atoms. The molecule has 1 aliphatic heterocycles. The molecule has 4 rings (SSSR count). The predicted molar refractivity (Wildman–Crippen MR) is 121 cm³/mol. The normalized spacial score (nSPS) is 17.7. The maximum absolute atomic E-state index is 11.3. The Morgan fingerprint density at radius 2 is 1.83 bits per heavy atom. The van der Waals surface area contributed by atoms with Crippen LogP contribution in [0.15, 0.2) is 65.8 Å². The van der Waals surface area contributed by atoms with E-state index in [4.69, 9.17) is 4.74 Å². The molecule has 6 heteroatoms. The molecule has 0 bridgehead atoms. The summed E-state index contributed by atoms with van der Waals surface area (Å²) in [5.41, 5.74) is 0.0149. The van der Waals surface area contributed by atoms with Gasteiger partial charge in [0.05, 0.1) is 5.60 Å². The van der Waals surface area contributed by atoms with Gasteiger partial charge >= 0.3 is 0 Å². The van der Waals surface area contributed by atoms with Crippen LogP contribution in [-0.4, -0.2) is 58.7 Å². The van der Waals surface area contributed by atoms with Gasteiger partial charge in [-0.05, 0) is 36.6 Å². The molecule has 0 aliphatic carbocycles. The minimum Gasteiger partial charge on any atom is -0.490 e. The van der Waals surface area contributed by atoms with E-state index in [0.29, 0.717) is 19.4 Å². The number of hydrogen-bond acceptors (Lipinski definition) is 6. The average Bonchev–Trinajstić information content (AvgIpc) is 2.79. The van der Waals surface area contributed by atoms with Crippen molar-refractivity contribution in [3.05, 3.63) is 66.5 Å². The lowest BCUT2D eigenvalue weighted by Crippen LogP contribution is -2.46. The van der Waals surface area contributed by atoms with Gasteiger partial charge in [-0.1, -0.05) is 36.4 Å². The highest BCUT2D eigenvalue weighted by Gasteiger charge is 2.35. The molecule has 1 saturated heterocycles. The van der Waals surface area contributed by atoms with Crippen LogP contribution in [0, 0.1) is 0 Å². The fourth-order valence-electron chi connectivity index (χ4n) is 4.14. The molecule has 2 aromatic carbocycles. The van der Waals surface area contributed by atoms with E-state index < -0.39 is 11.7 Å². The van der Waals surface area contributed by atoms with Crippen molar-refractivity contribution < 1.29 is 14.9 Å². The zero-order chi connectivity index (χ0) is 21.0. The average molecular weight is 425 g/mol. The van der Waals surface area contributed by atoms with Crippen LogP contribution in [0.2, 0.25) is 0 Å². The minimum atomic E-state index is -0.886. The highest BCUT2D eigenvalue weighted by atomic mass is 32.2. The van der Waals surface area contributed by atoms with Gasteiger partial charge in [-0.2, -0.15) is 0 Å². The van der Waals surface area contributed by atoms with Gasteiger partial charge < -0.3 is 19.8 Å². The number of benzene rings is 2. The number of pyridine rings is 1. The number of aliphatic hydroxyl groups is 2. The first-order valence-electron chi connectivity index (χ1n) is 10.3. The van der Waals surface area contributed by atoms with Crippen LogP contribution in [0.5, 0.6) is 5.75 Å². The second kappa shape index (κ2) is 9.35. The van der Waals surface area contributed by atoms with E-state index >= 15 is 0 Å². The number of hydrogen-bond donors (Lipinski definition) is 2. The number of piperidine rings is 1. The molecule has 1 atom stereocenters. The zero-order valence-corrected chi connectivity index (χ0v) is 18.0. The lowest BCUT2D eigenvalue weighted by molar-refractivity contribution is -0.0365. The first-order chi connectivity index (χ1) is 14.6. The van der Waals surface area contributed by atoms with Crippen molar-refractivity contribution in [1.29, 1.82) is 0 Å². The van der Waals surface area contributed by atoms with E-state index in [1.807, 2.05) is 61.0 Å². The number of aromatic nitrogens is 1. The molecular weight excluding hydrogens is 396 g/mol. The molecule has 2 N–H and O–H groups in total. The molecule has 0 radical (unpaired) electrons. The molecule has 158 valence electrons. The van der Waals surface area contributed by atoms with Crippen molar-refractivity contribution >= 4 is 22.5 Å². The Kier molecular flexibility index (Phi) is 6.58. The molecule has 0 saturated carbocycles. The molecule has 5 nitrogen and oxygen atoms in total. The second-order valence-electron chi connectivity index (χ2n) is 7.86. The quantitative estimate of drug-likeness (QED) is 0.564. The number of fused-ring (bicyclic) bond motifs is 1. The van der Waals surface area contributed by atoms with Gasteiger partial charge in [-0.3, -0.25) is 4.98 Å². The molecule has 2 heterocycles. The van der Waals surface area contributed by atoms with Gasteiger partial charge in [0.15, 0.2) is 0 Å². The maximum atomic E-state index is 11.3. The van der Waals surface area contributed by atoms with Gasteiger partial charge in [-0.15, -0.1) is 11.8 Å². The van der Waals surface area contributed by atoms with E-state index in [2.05, 4.69) is 9.88 Å². The lowest BCUT2D eigenvalue weighted by atomic mass is 9.83. The van der Waals surface area contributed by atoms with E-state index in [0.717, 1.165) is 40.1 Å². The molecule has 0 amide bonds. The van der Waals surface area contributed by atoms with Crippen LogP contribution < -0.4 is 4.74 Å². The van der Waals surface area contributed by atoms with Crippen LogP contribution in [0.25, 0.3) is 10.8 Å². The SMILES string of the molecule is CSc1ccccc1OC[C@H](O)CN1CCC(O)(c2cncc3ccccc23)CC1. The van der Waals surface area contributed by atoms with Gasteiger partial charge in [0.25, 0.3) is 0 Å². The van der Waals surface area contributed by atoms with Crippen molar-refractivity contribution in [2.45, 2.75) is 29.4 Å². The number of thioether (sulfide) groups is 1. The Labute approximate surface area is 181 Å². The Morgan fingerprint density at radius 3 is 2.63 bits per heavy atom. The molecule has 0 spiro atoms. The predicted octanol–water partition coefficient (Wildman–Crippen LogP) is 3.68. The van der Waals surface area contributed by atoms with Crippen molar-refractivity contribution in [1.82, 2.24) is 9.88 Å². The number of aliphatic hydroxyl groups excluding tert-OH is 1. The first kappa shape index (κ1) is 21.1. The molecule has 1 aromatic heterocycles. The van der Waals surface area contributed by atoms with E-state index in [-0.39, 0.29) is 6.61 Å². The van der Waals surface area contributed by atoms with Crippen LogP contribution >= 0.6 is 11.8 Å². The van der Waals surface area contributed by atoms with Crippen molar-refractivity contribution in [3.63, 3.8) is 0 Å². The summed E-state index contributed by atoms with van der Waals surface area (Å²) in [5, 5.41) is 23.9. The second-order valence-corrected chi connectivity index (χ2v) is 8.70. The van der Waals surface area contributed by atoms with E-state index in [1.165, 1.54) is 0 Å². The van der Waals surface area contributed by atoms with Gasteiger partial charge in [0.1, 0.15) is 18.5 Å². The minimum absolute atomic E-state index is 0.256. The Balaban J connectivity index is 1.34. The summed E-state index contributed by atoms with van der Waals surface area (Å²) < 4.78 is 5.83. The summed E-state index contributed by atoms with van der Waals surface area (Å²) in [6.07, 6.45) is 6.30. The van der Waals surface area contributed by atoms with Crippen LogP contribution in [0.1, 0.15) is 18.4 Å². The largest absolute Gasteiger partial charge is 0.490 e. The smallest absolute Gasteiger partial charge is 0.132 e. The monoisotopic (exact) mass is 424 g/mol. The highest BCUT2D eigenvalue weighted by molar-refractivity contribution is 7.98. The number of rotatable bonds is 7. The highest BCUT2D eigenvalue weighted by Crippen LogP contribution is 2.36. The third-order valence-corrected chi connectivity index (χ3v) is 6.60. The van der Waals surface area contributed by atoms with Gasteiger partial charge in [0, 0.05) is 47.9 Å². The molecule has 0 unspecified atom stereocenters. The van der Waals surface area contributed by atoms with Crippen LogP contribution in [0.4, 0.5) is 0 Å². The summed E-state index contributed by atoms with van der Waals surface area (Å²) in [5.74, 6) is 0.806.